The first-order chi connectivity index (χ1) is 18.7. The van der Waals surface area contributed by atoms with Crippen molar-refractivity contribution in [3.05, 3.63) is 47.3 Å². The van der Waals surface area contributed by atoms with Crippen molar-refractivity contribution < 1.29 is 32.6 Å². The van der Waals surface area contributed by atoms with Crippen LogP contribution in [0.15, 0.2) is 30.3 Å². The third kappa shape index (κ3) is 6.02. The van der Waals surface area contributed by atoms with Gasteiger partial charge in [0, 0.05) is 23.6 Å². The summed E-state index contributed by atoms with van der Waals surface area (Å²) in [5.41, 5.74) is -0.990. The van der Waals surface area contributed by atoms with Crippen LogP contribution in [-0.4, -0.2) is 51.0 Å². The Bertz CT molecular complexity index is 1240. The van der Waals surface area contributed by atoms with Gasteiger partial charge in [0.1, 0.15) is 11.9 Å². The number of aliphatic carboxylic acids is 1. The molecule has 1 aliphatic heterocycles. The molecule has 2 aromatic heterocycles. The number of amides is 1. The number of ether oxygens (including phenoxy) is 1. The molecule has 0 spiro atoms. The van der Waals surface area contributed by atoms with Gasteiger partial charge in [0.2, 0.25) is 11.8 Å². The molecule has 4 rings (SSSR count). The highest BCUT2D eigenvalue weighted by molar-refractivity contribution is 5.87. The summed E-state index contributed by atoms with van der Waals surface area (Å²) in [5, 5.41) is 13.7. The van der Waals surface area contributed by atoms with Crippen LogP contribution in [0.3, 0.4) is 0 Å². The molecule has 2 aliphatic rings. The third-order valence-electron chi connectivity index (χ3n) is 7.98. The van der Waals surface area contributed by atoms with E-state index in [0.29, 0.717) is 18.5 Å². The Hall–Kier alpha value is -3.37. The molecule has 1 saturated carbocycles. The predicted octanol–water partition coefficient (Wildman–Crippen LogP) is 5.87. The molecule has 1 saturated heterocycles. The summed E-state index contributed by atoms with van der Waals surface area (Å²) in [6.07, 6.45) is -0.505. The molecule has 11 heteroatoms. The standard InChI is InChI=1S/C29H37F3N4O4/c1-16-14-18(29(30,31)32)15-20(33-16)35-23-22(28(2,3)4)25(27(38)39)36(26(37)17-10-7-6-8-11-17)24(23)19-12-9-13-21(34-19)40-5/h9,12-15,17,22-25H,6-8,10-11H2,1-5H3,(H,33,35)(H,38,39)/t22-,23-,24-,25-/m0/s1. The minimum atomic E-state index is -4.59. The van der Waals surface area contributed by atoms with Gasteiger partial charge in [0.25, 0.3) is 0 Å². The van der Waals surface area contributed by atoms with Gasteiger partial charge in [-0.25, -0.2) is 14.8 Å². The minimum absolute atomic E-state index is 0.0458. The summed E-state index contributed by atoms with van der Waals surface area (Å²) < 4.78 is 46.4. The van der Waals surface area contributed by atoms with E-state index in [1.807, 2.05) is 20.8 Å². The van der Waals surface area contributed by atoms with Gasteiger partial charge in [0.15, 0.2) is 0 Å². The van der Waals surface area contributed by atoms with E-state index in [1.54, 1.807) is 18.2 Å². The Morgan fingerprint density at radius 3 is 2.33 bits per heavy atom. The Morgan fingerprint density at radius 1 is 1.07 bits per heavy atom. The first kappa shape index (κ1) is 29.6. The maximum Gasteiger partial charge on any atom is 0.416 e. The number of nitrogens with one attached hydrogen (secondary N) is 1. The highest BCUT2D eigenvalue weighted by Gasteiger charge is 2.59. The second kappa shape index (κ2) is 11.2. The SMILES string of the molecule is COc1cccc([C@H]2[C@@H](Nc3cc(C(F)(F)F)cc(C)n3)[C@H](C(C)(C)C)[C@@H](C(=O)O)N2C(=O)C2CCCCC2)n1. The molecule has 2 aromatic rings. The zero-order chi connectivity index (χ0) is 29.4. The van der Waals surface area contributed by atoms with E-state index in [-0.39, 0.29) is 29.2 Å². The fourth-order valence-corrected chi connectivity index (χ4v) is 6.31. The van der Waals surface area contributed by atoms with Crippen molar-refractivity contribution >= 4 is 17.7 Å². The van der Waals surface area contributed by atoms with E-state index < -0.39 is 47.2 Å². The van der Waals surface area contributed by atoms with Crippen molar-refractivity contribution in [1.29, 1.82) is 0 Å². The van der Waals surface area contributed by atoms with E-state index in [1.165, 1.54) is 18.9 Å². The quantitative estimate of drug-likeness (QED) is 0.454. The van der Waals surface area contributed by atoms with Crippen molar-refractivity contribution in [2.45, 2.75) is 84.1 Å². The van der Waals surface area contributed by atoms with E-state index in [4.69, 9.17) is 4.74 Å². The summed E-state index contributed by atoms with van der Waals surface area (Å²) in [4.78, 5) is 37.5. The van der Waals surface area contributed by atoms with Gasteiger partial charge in [-0.05, 0) is 43.4 Å². The van der Waals surface area contributed by atoms with Crippen molar-refractivity contribution in [2.24, 2.45) is 17.3 Å². The molecular weight excluding hydrogens is 525 g/mol. The summed E-state index contributed by atoms with van der Waals surface area (Å²) in [7, 11) is 1.45. The van der Waals surface area contributed by atoms with Gasteiger partial charge in [-0.15, -0.1) is 0 Å². The van der Waals surface area contributed by atoms with Gasteiger partial charge in [-0.2, -0.15) is 13.2 Å². The molecule has 0 bridgehead atoms. The molecule has 218 valence electrons. The first-order valence-corrected chi connectivity index (χ1v) is 13.6. The Balaban J connectivity index is 1.91. The van der Waals surface area contributed by atoms with Gasteiger partial charge >= 0.3 is 12.1 Å². The third-order valence-corrected chi connectivity index (χ3v) is 7.98. The molecule has 0 unspecified atom stereocenters. The number of likely N-dealkylation sites (tertiary alicyclic amines) is 1. The average molecular weight is 563 g/mol. The molecule has 8 nitrogen and oxygen atoms in total. The van der Waals surface area contributed by atoms with Gasteiger partial charge in [0.05, 0.1) is 30.5 Å². The Kier molecular flexibility index (Phi) is 8.33. The normalized spacial score (nSPS) is 24.1. The fourth-order valence-electron chi connectivity index (χ4n) is 6.31. The number of halogens is 3. The number of alkyl halides is 3. The van der Waals surface area contributed by atoms with Gasteiger partial charge in [-0.1, -0.05) is 46.1 Å². The van der Waals surface area contributed by atoms with Crippen LogP contribution in [0, 0.1) is 24.2 Å². The lowest BCUT2D eigenvalue weighted by Gasteiger charge is -2.36. The predicted molar refractivity (Wildman–Crippen MR) is 143 cm³/mol. The number of aryl methyl sites for hydroxylation is 1. The van der Waals surface area contributed by atoms with E-state index >= 15 is 0 Å². The highest BCUT2D eigenvalue weighted by Crippen LogP contribution is 2.50. The van der Waals surface area contributed by atoms with Crippen molar-refractivity contribution in [3.8, 4) is 5.88 Å². The monoisotopic (exact) mass is 562 g/mol. The van der Waals surface area contributed by atoms with Crippen LogP contribution in [0.2, 0.25) is 0 Å². The molecule has 1 amide bonds. The van der Waals surface area contributed by atoms with Crippen LogP contribution in [0.4, 0.5) is 19.0 Å². The average Bonchev–Trinajstić information content (AvgIpc) is 3.23. The molecule has 2 N–H and O–H groups in total. The summed E-state index contributed by atoms with van der Waals surface area (Å²) in [5.74, 6) is -2.25. The van der Waals surface area contributed by atoms with Crippen molar-refractivity contribution in [1.82, 2.24) is 14.9 Å². The molecule has 2 fully saturated rings. The Labute approximate surface area is 232 Å². The second-order valence-electron chi connectivity index (χ2n) is 11.9. The zero-order valence-electron chi connectivity index (χ0n) is 23.5. The number of aromatic nitrogens is 2. The summed E-state index contributed by atoms with van der Waals surface area (Å²) in [6.45, 7) is 7.09. The van der Waals surface area contributed by atoms with Crippen LogP contribution in [0.5, 0.6) is 5.88 Å². The summed E-state index contributed by atoms with van der Waals surface area (Å²) in [6, 6.07) is 3.96. The highest BCUT2D eigenvalue weighted by atomic mass is 19.4. The van der Waals surface area contributed by atoms with E-state index in [9.17, 15) is 27.9 Å². The maximum atomic E-state index is 14.2. The Morgan fingerprint density at radius 2 is 1.75 bits per heavy atom. The van der Waals surface area contributed by atoms with Crippen LogP contribution in [-0.2, 0) is 15.8 Å². The maximum absolute atomic E-state index is 14.2. The number of hydrogen-bond donors (Lipinski definition) is 2. The number of carbonyl (C=O) groups is 2. The van der Waals surface area contributed by atoms with Crippen LogP contribution in [0.25, 0.3) is 0 Å². The molecule has 4 atom stereocenters. The first-order valence-electron chi connectivity index (χ1n) is 13.6. The number of hydrogen-bond acceptors (Lipinski definition) is 6. The lowest BCUT2D eigenvalue weighted by Crippen LogP contribution is -2.49. The number of methoxy groups -OCH3 is 1. The van der Waals surface area contributed by atoms with E-state index in [0.717, 1.165) is 31.4 Å². The van der Waals surface area contributed by atoms with Gasteiger partial charge < -0.3 is 20.1 Å². The lowest BCUT2D eigenvalue weighted by molar-refractivity contribution is -0.154. The molecule has 3 heterocycles. The molecule has 40 heavy (non-hydrogen) atoms. The molecule has 0 radical (unpaired) electrons. The number of rotatable bonds is 6. The van der Waals surface area contributed by atoms with Gasteiger partial charge in [-0.3, -0.25) is 4.79 Å². The minimum Gasteiger partial charge on any atom is -0.481 e. The van der Waals surface area contributed by atoms with Crippen molar-refractivity contribution in [2.75, 3.05) is 12.4 Å². The molecule has 1 aliphatic carbocycles. The number of carboxylic acid groups (broad SMARTS) is 1. The van der Waals surface area contributed by atoms with Crippen LogP contribution >= 0.6 is 0 Å². The largest absolute Gasteiger partial charge is 0.481 e. The topological polar surface area (TPSA) is 105 Å². The number of anilines is 1. The van der Waals surface area contributed by atoms with Crippen molar-refractivity contribution in [3.63, 3.8) is 0 Å². The fraction of sp³-hybridized carbons (Fsp3) is 0.586. The second-order valence-corrected chi connectivity index (χ2v) is 11.9. The number of pyridine rings is 2. The lowest BCUT2D eigenvalue weighted by atomic mass is 9.72. The number of carboxylic acids is 1. The van der Waals surface area contributed by atoms with Crippen LogP contribution in [0.1, 0.15) is 75.9 Å². The molecule has 0 aromatic carbocycles. The van der Waals surface area contributed by atoms with Crippen LogP contribution < -0.4 is 10.1 Å². The van der Waals surface area contributed by atoms with E-state index in [2.05, 4.69) is 15.3 Å². The number of carbonyl (C=O) groups excluding carboxylic acids is 1. The summed E-state index contributed by atoms with van der Waals surface area (Å²) >= 11 is 0. The number of nitrogens with zero attached hydrogens (tertiary/aromatic N) is 3. The smallest absolute Gasteiger partial charge is 0.416 e. The zero-order valence-corrected chi connectivity index (χ0v) is 23.5. The molecular formula is C29H37F3N4O4.